The second-order valence-corrected chi connectivity index (χ2v) is 7.87. The number of halogens is 1. The van der Waals surface area contributed by atoms with E-state index < -0.39 is 5.82 Å². The summed E-state index contributed by atoms with van der Waals surface area (Å²) >= 11 is 0. The van der Waals surface area contributed by atoms with Crippen LogP contribution in [0.15, 0.2) is 18.3 Å². The maximum absolute atomic E-state index is 13.0. The molecule has 3 saturated heterocycles. The number of pyridine rings is 1. The molecule has 0 saturated carbocycles. The molecule has 0 N–H and O–H groups in total. The number of carbonyl (C=O) groups is 2. The van der Waals surface area contributed by atoms with Crippen LogP contribution in [0, 0.1) is 17.7 Å². The molecule has 0 bridgehead atoms. The highest BCUT2D eigenvalue weighted by molar-refractivity contribution is 5.80. The fraction of sp³-hybridized carbons (Fsp3) is 0.650. The lowest BCUT2D eigenvalue weighted by Crippen LogP contribution is -2.52. The Morgan fingerprint density at radius 1 is 1.19 bits per heavy atom. The van der Waals surface area contributed by atoms with Gasteiger partial charge in [0.05, 0.1) is 31.2 Å². The summed E-state index contributed by atoms with van der Waals surface area (Å²) in [7, 11) is 0. The van der Waals surface area contributed by atoms with Gasteiger partial charge in [-0.2, -0.15) is 0 Å². The summed E-state index contributed by atoms with van der Waals surface area (Å²) in [4.78, 5) is 33.1. The molecule has 4 heterocycles. The van der Waals surface area contributed by atoms with Gasteiger partial charge in [-0.1, -0.05) is 0 Å². The van der Waals surface area contributed by atoms with Gasteiger partial charge in [-0.05, 0) is 37.8 Å². The zero-order valence-electron chi connectivity index (χ0n) is 15.5. The van der Waals surface area contributed by atoms with Crippen molar-refractivity contribution >= 4 is 11.8 Å². The highest BCUT2D eigenvalue weighted by atomic mass is 19.1. The lowest BCUT2D eigenvalue weighted by molar-refractivity contribution is -0.151. The molecule has 0 spiro atoms. The van der Waals surface area contributed by atoms with Crippen molar-refractivity contribution < 1.29 is 18.7 Å². The van der Waals surface area contributed by atoms with E-state index in [-0.39, 0.29) is 36.2 Å². The van der Waals surface area contributed by atoms with E-state index >= 15 is 0 Å². The third-order valence-corrected chi connectivity index (χ3v) is 6.00. The highest BCUT2D eigenvalue weighted by Gasteiger charge is 2.40. The van der Waals surface area contributed by atoms with E-state index in [4.69, 9.17) is 4.74 Å². The lowest BCUT2D eigenvalue weighted by atomic mass is 9.83. The van der Waals surface area contributed by atoms with E-state index in [1.165, 1.54) is 6.07 Å². The molecule has 4 rings (SSSR count). The van der Waals surface area contributed by atoms with Crippen molar-refractivity contribution in [2.24, 2.45) is 11.8 Å². The van der Waals surface area contributed by atoms with Crippen LogP contribution in [0.5, 0.6) is 0 Å². The van der Waals surface area contributed by atoms with Crippen LogP contribution >= 0.6 is 0 Å². The Morgan fingerprint density at radius 2 is 2.00 bits per heavy atom. The Morgan fingerprint density at radius 3 is 2.74 bits per heavy atom. The minimum atomic E-state index is -0.403. The zero-order chi connectivity index (χ0) is 18.8. The molecule has 2 amide bonds. The first-order valence-electron chi connectivity index (χ1n) is 9.89. The maximum atomic E-state index is 13.0. The van der Waals surface area contributed by atoms with Crippen LogP contribution in [-0.4, -0.2) is 65.5 Å². The molecule has 0 unspecified atom stereocenters. The summed E-state index contributed by atoms with van der Waals surface area (Å²) < 4.78 is 19.0. The van der Waals surface area contributed by atoms with Gasteiger partial charge in [0.2, 0.25) is 11.8 Å². The summed E-state index contributed by atoms with van der Waals surface area (Å²) in [6.45, 7) is 3.50. The molecule has 146 valence electrons. The van der Waals surface area contributed by atoms with Gasteiger partial charge in [0.25, 0.3) is 0 Å². The van der Waals surface area contributed by atoms with Crippen molar-refractivity contribution in [2.45, 2.75) is 38.2 Å². The summed E-state index contributed by atoms with van der Waals surface area (Å²) in [5.41, 5.74) is 0.575. The number of hydrogen-bond donors (Lipinski definition) is 0. The number of fused-ring (bicyclic) bond motifs is 1. The van der Waals surface area contributed by atoms with Crippen LogP contribution in [0.1, 0.15) is 31.4 Å². The normalized spacial score (nSPS) is 28.1. The molecule has 3 atom stereocenters. The largest absolute Gasteiger partial charge is 0.377 e. The molecular formula is C20H26FN3O3. The van der Waals surface area contributed by atoms with Gasteiger partial charge in [-0.3, -0.25) is 14.6 Å². The summed E-state index contributed by atoms with van der Waals surface area (Å²) in [5, 5.41) is 0. The van der Waals surface area contributed by atoms with Gasteiger partial charge in [0.15, 0.2) is 0 Å². The number of amides is 2. The monoisotopic (exact) mass is 375 g/mol. The Labute approximate surface area is 158 Å². The Kier molecular flexibility index (Phi) is 5.38. The van der Waals surface area contributed by atoms with E-state index in [1.807, 2.05) is 9.80 Å². The van der Waals surface area contributed by atoms with Gasteiger partial charge in [0.1, 0.15) is 5.82 Å². The average molecular weight is 375 g/mol. The fourth-order valence-corrected chi connectivity index (χ4v) is 4.50. The van der Waals surface area contributed by atoms with Gasteiger partial charge < -0.3 is 14.5 Å². The standard InChI is InChI=1S/C20H26FN3O3/c21-16-3-4-17(22-11-16)10-19(25)24-8-5-18-14(12-24)9-15(13-27-18)20(26)23-6-1-2-7-23/h3-4,11,14-15,18H,1-2,5-10,12-13H2/t14-,15-,18+/m0/s1. The number of aromatic nitrogens is 1. The molecule has 3 fully saturated rings. The van der Waals surface area contributed by atoms with E-state index in [0.717, 1.165) is 45.0 Å². The van der Waals surface area contributed by atoms with Crippen molar-refractivity contribution in [1.82, 2.24) is 14.8 Å². The quantitative estimate of drug-likeness (QED) is 0.806. The summed E-state index contributed by atoms with van der Waals surface area (Å²) in [6, 6.07) is 2.87. The lowest BCUT2D eigenvalue weighted by Gasteiger charge is -2.43. The third-order valence-electron chi connectivity index (χ3n) is 6.00. The second kappa shape index (κ2) is 7.92. The van der Waals surface area contributed by atoms with Crippen molar-refractivity contribution in [3.63, 3.8) is 0 Å². The molecular weight excluding hydrogens is 349 g/mol. The third kappa shape index (κ3) is 4.13. The van der Waals surface area contributed by atoms with E-state index in [2.05, 4.69) is 4.98 Å². The van der Waals surface area contributed by atoms with Crippen LogP contribution in [-0.2, 0) is 20.7 Å². The number of nitrogens with zero attached hydrogens (tertiary/aromatic N) is 3. The summed E-state index contributed by atoms with van der Waals surface area (Å²) in [6.07, 6.45) is 5.22. The first kappa shape index (κ1) is 18.3. The first-order chi connectivity index (χ1) is 13.1. The molecule has 7 heteroatoms. The minimum Gasteiger partial charge on any atom is -0.377 e. The zero-order valence-corrected chi connectivity index (χ0v) is 15.5. The number of rotatable bonds is 3. The van der Waals surface area contributed by atoms with Crippen LogP contribution < -0.4 is 0 Å². The Balaban J connectivity index is 1.34. The highest BCUT2D eigenvalue weighted by Crippen LogP contribution is 2.33. The van der Waals surface area contributed by atoms with Gasteiger partial charge in [-0.15, -0.1) is 0 Å². The predicted octanol–water partition coefficient (Wildman–Crippen LogP) is 1.64. The number of hydrogen-bond acceptors (Lipinski definition) is 4. The number of ether oxygens (including phenoxy) is 1. The van der Waals surface area contributed by atoms with Crippen LogP contribution in [0.3, 0.4) is 0 Å². The molecule has 27 heavy (non-hydrogen) atoms. The second-order valence-electron chi connectivity index (χ2n) is 7.87. The summed E-state index contributed by atoms with van der Waals surface area (Å²) in [5.74, 6) is -0.0714. The Bertz CT molecular complexity index is 690. The first-order valence-corrected chi connectivity index (χ1v) is 9.89. The van der Waals surface area contributed by atoms with Gasteiger partial charge >= 0.3 is 0 Å². The molecule has 3 aliphatic rings. The topological polar surface area (TPSA) is 62.7 Å². The molecule has 0 radical (unpaired) electrons. The van der Waals surface area contributed by atoms with Crippen molar-refractivity contribution in [2.75, 3.05) is 32.8 Å². The fourth-order valence-electron chi connectivity index (χ4n) is 4.50. The molecule has 6 nitrogen and oxygen atoms in total. The molecule has 0 aliphatic carbocycles. The smallest absolute Gasteiger partial charge is 0.228 e. The number of piperidine rings is 1. The number of carbonyl (C=O) groups excluding carboxylic acids is 2. The predicted molar refractivity (Wildman–Crippen MR) is 96.2 cm³/mol. The van der Waals surface area contributed by atoms with Crippen molar-refractivity contribution in [3.8, 4) is 0 Å². The molecule has 0 aromatic carbocycles. The molecule has 1 aromatic rings. The van der Waals surface area contributed by atoms with Crippen LogP contribution in [0.25, 0.3) is 0 Å². The van der Waals surface area contributed by atoms with E-state index in [0.29, 0.717) is 25.4 Å². The van der Waals surface area contributed by atoms with Gasteiger partial charge in [0, 0.05) is 37.8 Å². The maximum Gasteiger partial charge on any atom is 0.228 e. The molecule has 3 aliphatic heterocycles. The van der Waals surface area contributed by atoms with Crippen molar-refractivity contribution in [1.29, 1.82) is 0 Å². The molecule has 1 aromatic heterocycles. The Hall–Kier alpha value is -2.02. The number of likely N-dealkylation sites (tertiary alicyclic amines) is 2. The average Bonchev–Trinajstić information content (AvgIpc) is 3.23. The van der Waals surface area contributed by atoms with E-state index in [1.54, 1.807) is 6.07 Å². The van der Waals surface area contributed by atoms with Gasteiger partial charge in [-0.25, -0.2) is 4.39 Å². The van der Waals surface area contributed by atoms with Crippen molar-refractivity contribution in [3.05, 3.63) is 29.8 Å². The minimum absolute atomic E-state index is 0.000510. The van der Waals surface area contributed by atoms with E-state index in [9.17, 15) is 14.0 Å². The van der Waals surface area contributed by atoms with Crippen LogP contribution in [0.2, 0.25) is 0 Å². The van der Waals surface area contributed by atoms with Crippen LogP contribution in [0.4, 0.5) is 4.39 Å². The SMILES string of the molecule is O=C(Cc1ccc(F)cn1)N1CC[C@H]2OC[C@@H](C(=O)N3CCCC3)C[C@H]2C1.